The monoisotopic (exact) mass is 343 g/mol. The molecule has 0 unspecified atom stereocenters. The largest absolute Gasteiger partial charge is 0.481 e. The summed E-state index contributed by atoms with van der Waals surface area (Å²) in [6, 6.07) is 1.33. The molecule has 0 bridgehead atoms. The van der Waals surface area contributed by atoms with Crippen LogP contribution in [0.15, 0.2) is 6.07 Å². The van der Waals surface area contributed by atoms with Crippen molar-refractivity contribution in [3.63, 3.8) is 0 Å². The number of pyridine rings is 1. The topological polar surface area (TPSA) is 48.4 Å². The molecule has 1 aromatic rings. The minimum atomic E-state index is -2.79. The molecule has 88 valence electrons. The normalized spacial score (nSPS) is 10.4. The summed E-state index contributed by atoms with van der Waals surface area (Å²) in [5.74, 6) is -0.818. The van der Waals surface area contributed by atoms with Crippen molar-refractivity contribution in [3.8, 4) is 5.88 Å². The molecule has 0 radical (unpaired) electrons. The van der Waals surface area contributed by atoms with Gasteiger partial charge in [-0.05, 0) is 22.6 Å². The van der Waals surface area contributed by atoms with Crippen LogP contribution in [0.2, 0.25) is 0 Å². The van der Waals surface area contributed by atoms with Gasteiger partial charge in [0.15, 0.2) is 5.69 Å². The molecule has 0 aliphatic rings. The SMILES string of the molecule is COC(=O)c1nc(OC)cc(I)c1C(F)F. The average molecular weight is 343 g/mol. The molecule has 0 spiro atoms. The zero-order valence-electron chi connectivity index (χ0n) is 8.46. The quantitative estimate of drug-likeness (QED) is 0.625. The van der Waals surface area contributed by atoms with Crippen LogP contribution < -0.4 is 4.74 Å². The lowest BCUT2D eigenvalue weighted by Crippen LogP contribution is -2.11. The Hall–Kier alpha value is -0.990. The van der Waals surface area contributed by atoms with Gasteiger partial charge in [0.2, 0.25) is 5.88 Å². The molecule has 0 fully saturated rings. The van der Waals surface area contributed by atoms with E-state index in [9.17, 15) is 13.6 Å². The highest BCUT2D eigenvalue weighted by Crippen LogP contribution is 2.29. The summed E-state index contributed by atoms with van der Waals surface area (Å²) in [4.78, 5) is 14.9. The number of alkyl halides is 2. The van der Waals surface area contributed by atoms with Crippen LogP contribution in [0.25, 0.3) is 0 Å². The third kappa shape index (κ3) is 2.57. The lowest BCUT2D eigenvalue weighted by atomic mass is 10.2. The maximum Gasteiger partial charge on any atom is 0.357 e. The number of hydrogen-bond acceptors (Lipinski definition) is 4. The number of aromatic nitrogens is 1. The predicted molar refractivity (Wildman–Crippen MR) is 59.8 cm³/mol. The summed E-state index contributed by atoms with van der Waals surface area (Å²) in [6.07, 6.45) is -2.79. The highest BCUT2D eigenvalue weighted by molar-refractivity contribution is 14.1. The zero-order chi connectivity index (χ0) is 12.3. The molecule has 0 aliphatic carbocycles. The fraction of sp³-hybridized carbons (Fsp3) is 0.333. The minimum Gasteiger partial charge on any atom is -0.481 e. The van der Waals surface area contributed by atoms with Crippen molar-refractivity contribution in [1.29, 1.82) is 0 Å². The Bertz CT molecular complexity index is 412. The highest BCUT2D eigenvalue weighted by Gasteiger charge is 2.25. The molecule has 0 saturated heterocycles. The van der Waals surface area contributed by atoms with Crippen molar-refractivity contribution < 1.29 is 23.0 Å². The first-order valence-electron chi connectivity index (χ1n) is 4.12. The van der Waals surface area contributed by atoms with Crippen LogP contribution in [0, 0.1) is 3.57 Å². The molecule has 7 heteroatoms. The molecule has 0 N–H and O–H groups in total. The summed E-state index contributed by atoms with van der Waals surface area (Å²) in [7, 11) is 2.44. The molecule has 0 saturated carbocycles. The summed E-state index contributed by atoms with van der Waals surface area (Å²) in [5, 5.41) is 0. The van der Waals surface area contributed by atoms with Gasteiger partial charge in [-0.3, -0.25) is 0 Å². The standard InChI is InChI=1S/C9H8F2INO3/c1-15-5-3-4(12)6(8(10)11)7(13-5)9(14)16-2/h3,8H,1-2H3. The van der Waals surface area contributed by atoms with Crippen LogP contribution in [0.5, 0.6) is 5.88 Å². The molecule has 0 aromatic carbocycles. The second-order valence-corrected chi connectivity index (χ2v) is 3.86. The van der Waals surface area contributed by atoms with Crippen LogP contribution in [-0.4, -0.2) is 25.2 Å². The maximum atomic E-state index is 12.7. The summed E-state index contributed by atoms with van der Waals surface area (Å²) in [5.41, 5.74) is -0.852. The van der Waals surface area contributed by atoms with E-state index < -0.39 is 23.7 Å². The van der Waals surface area contributed by atoms with E-state index in [4.69, 9.17) is 4.74 Å². The highest BCUT2D eigenvalue weighted by atomic mass is 127. The molecule has 1 rings (SSSR count). The number of ether oxygens (including phenoxy) is 2. The fourth-order valence-corrected chi connectivity index (χ4v) is 1.82. The van der Waals surface area contributed by atoms with Crippen molar-refractivity contribution in [2.75, 3.05) is 14.2 Å². The molecule has 0 amide bonds. The van der Waals surface area contributed by atoms with Gasteiger partial charge in [-0.2, -0.15) is 0 Å². The number of nitrogens with zero attached hydrogens (tertiary/aromatic N) is 1. The summed E-state index contributed by atoms with van der Waals surface area (Å²) >= 11 is 1.69. The Balaban J connectivity index is 3.40. The fourth-order valence-electron chi connectivity index (χ4n) is 1.07. The zero-order valence-corrected chi connectivity index (χ0v) is 10.6. The van der Waals surface area contributed by atoms with Gasteiger partial charge >= 0.3 is 5.97 Å². The second-order valence-electron chi connectivity index (χ2n) is 2.70. The third-order valence-electron chi connectivity index (χ3n) is 1.79. The maximum absolute atomic E-state index is 12.7. The number of hydrogen-bond donors (Lipinski definition) is 0. The van der Waals surface area contributed by atoms with E-state index in [2.05, 4.69) is 9.72 Å². The molecular weight excluding hydrogens is 335 g/mol. The smallest absolute Gasteiger partial charge is 0.357 e. The van der Waals surface area contributed by atoms with Crippen molar-refractivity contribution in [2.45, 2.75) is 6.43 Å². The predicted octanol–water partition coefficient (Wildman–Crippen LogP) is 2.42. The van der Waals surface area contributed by atoms with Gasteiger partial charge in [-0.25, -0.2) is 18.6 Å². The molecule has 4 nitrogen and oxygen atoms in total. The number of methoxy groups -OCH3 is 2. The van der Waals surface area contributed by atoms with E-state index >= 15 is 0 Å². The molecule has 16 heavy (non-hydrogen) atoms. The van der Waals surface area contributed by atoms with Gasteiger partial charge in [0.1, 0.15) is 0 Å². The van der Waals surface area contributed by atoms with Gasteiger partial charge in [0, 0.05) is 9.64 Å². The van der Waals surface area contributed by atoms with Crippen LogP contribution >= 0.6 is 22.6 Å². The average Bonchev–Trinajstić information content (AvgIpc) is 2.26. The number of rotatable bonds is 3. The van der Waals surface area contributed by atoms with Gasteiger partial charge in [-0.1, -0.05) is 0 Å². The van der Waals surface area contributed by atoms with E-state index in [1.807, 2.05) is 0 Å². The van der Waals surface area contributed by atoms with Gasteiger partial charge in [0.05, 0.1) is 19.8 Å². The van der Waals surface area contributed by atoms with E-state index in [1.54, 1.807) is 22.6 Å². The van der Waals surface area contributed by atoms with Gasteiger partial charge < -0.3 is 9.47 Å². The Morgan fingerprint density at radius 1 is 1.50 bits per heavy atom. The van der Waals surface area contributed by atoms with Gasteiger partial charge in [-0.15, -0.1) is 0 Å². The molecule has 0 aliphatic heterocycles. The van der Waals surface area contributed by atoms with Crippen molar-refractivity contribution in [1.82, 2.24) is 4.98 Å². The van der Waals surface area contributed by atoms with E-state index in [-0.39, 0.29) is 9.45 Å². The van der Waals surface area contributed by atoms with E-state index in [1.165, 1.54) is 13.2 Å². The van der Waals surface area contributed by atoms with Crippen LogP contribution in [0.1, 0.15) is 22.5 Å². The van der Waals surface area contributed by atoms with E-state index in [0.29, 0.717) is 0 Å². The van der Waals surface area contributed by atoms with Crippen LogP contribution in [0.4, 0.5) is 8.78 Å². The minimum absolute atomic E-state index is 0.0919. The Labute approximate surface area is 104 Å². The number of halogens is 3. The Kier molecular flexibility index (Phi) is 4.39. The number of carbonyl (C=O) groups excluding carboxylic acids is 1. The second kappa shape index (κ2) is 5.37. The molecule has 1 aromatic heterocycles. The number of esters is 1. The van der Waals surface area contributed by atoms with Gasteiger partial charge in [0.25, 0.3) is 6.43 Å². The summed E-state index contributed by atoms with van der Waals surface area (Å²) < 4.78 is 34.8. The van der Waals surface area contributed by atoms with Crippen molar-refractivity contribution >= 4 is 28.6 Å². The first-order chi connectivity index (χ1) is 7.51. The Morgan fingerprint density at radius 2 is 2.12 bits per heavy atom. The first kappa shape index (κ1) is 13.1. The number of carbonyl (C=O) groups is 1. The molecule has 1 heterocycles. The molecular formula is C9H8F2INO3. The molecule has 0 atom stereocenters. The van der Waals surface area contributed by atoms with E-state index in [0.717, 1.165) is 7.11 Å². The Morgan fingerprint density at radius 3 is 2.56 bits per heavy atom. The lowest BCUT2D eigenvalue weighted by molar-refractivity contribution is 0.0580. The van der Waals surface area contributed by atoms with Crippen molar-refractivity contribution in [2.24, 2.45) is 0 Å². The van der Waals surface area contributed by atoms with Crippen molar-refractivity contribution in [3.05, 3.63) is 20.9 Å². The first-order valence-corrected chi connectivity index (χ1v) is 5.20. The lowest BCUT2D eigenvalue weighted by Gasteiger charge is -2.10. The van der Waals surface area contributed by atoms with Crippen LogP contribution in [0.3, 0.4) is 0 Å². The van der Waals surface area contributed by atoms with Crippen LogP contribution in [-0.2, 0) is 4.74 Å². The summed E-state index contributed by atoms with van der Waals surface area (Å²) in [6.45, 7) is 0. The third-order valence-corrected chi connectivity index (χ3v) is 2.68.